The molecule has 0 spiro atoms. The number of esters is 1. The van der Waals surface area contributed by atoms with Crippen LogP contribution in [0.4, 0.5) is 0 Å². The molecule has 0 atom stereocenters. The highest BCUT2D eigenvalue weighted by molar-refractivity contribution is 7.97. The number of hydrazone groups is 1. The Bertz CT molecular complexity index is 609. The van der Waals surface area contributed by atoms with Crippen LogP contribution < -0.4 is 9.57 Å². The zero-order valence-electron chi connectivity index (χ0n) is 9.12. The van der Waals surface area contributed by atoms with Gasteiger partial charge in [-0.1, -0.05) is 0 Å². The van der Waals surface area contributed by atoms with Crippen LogP contribution in [-0.2, 0) is 0 Å². The molecule has 0 aliphatic carbocycles. The van der Waals surface area contributed by atoms with Crippen LogP contribution in [0.5, 0.6) is 5.75 Å². The van der Waals surface area contributed by atoms with Gasteiger partial charge in [-0.15, -0.1) is 0 Å². The number of ether oxygens (including phenoxy) is 1. The molecule has 2 aromatic rings. The van der Waals surface area contributed by atoms with Crippen molar-refractivity contribution < 1.29 is 9.53 Å². The Kier molecular flexibility index (Phi) is 3.04. The maximum atomic E-state index is 11.8. The standard InChI is InChI=1S/C12H8N2O2S2/c15-12(9-3-4-17-7-9)16-10-2-1-8-6-13-14-18-11(8)5-10/h1-7,14H. The monoisotopic (exact) mass is 276 g/mol. The van der Waals surface area contributed by atoms with Gasteiger partial charge in [0.15, 0.2) is 0 Å². The summed E-state index contributed by atoms with van der Waals surface area (Å²) in [7, 11) is 0. The SMILES string of the molecule is O=C(Oc1ccc2c(c1)SNN=C2)c1ccsc1. The Labute approximate surface area is 112 Å². The minimum absolute atomic E-state index is 0.335. The first kappa shape index (κ1) is 11.3. The summed E-state index contributed by atoms with van der Waals surface area (Å²) in [5, 5.41) is 7.55. The van der Waals surface area contributed by atoms with Crippen molar-refractivity contribution in [3.63, 3.8) is 0 Å². The summed E-state index contributed by atoms with van der Waals surface area (Å²) in [4.78, 5) is 15.6. The molecule has 1 aliphatic rings. The molecule has 1 aliphatic heterocycles. The van der Waals surface area contributed by atoms with Gasteiger partial charge in [-0.3, -0.25) is 0 Å². The van der Waals surface area contributed by atoms with E-state index in [-0.39, 0.29) is 5.97 Å². The summed E-state index contributed by atoms with van der Waals surface area (Å²) < 4.78 is 5.31. The maximum Gasteiger partial charge on any atom is 0.344 e. The quantitative estimate of drug-likeness (QED) is 0.520. The van der Waals surface area contributed by atoms with E-state index in [1.165, 1.54) is 23.3 Å². The molecule has 1 aromatic carbocycles. The number of hydrogen-bond donors (Lipinski definition) is 1. The number of benzene rings is 1. The second-order valence-electron chi connectivity index (χ2n) is 3.55. The van der Waals surface area contributed by atoms with Gasteiger partial charge in [-0.2, -0.15) is 16.4 Å². The lowest BCUT2D eigenvalue weighted by Crippen LogP contribution is -2.08. The van der Waals surface area contributed by atoms with Crippen LogP contribution in [0, 0.1) is 0 Å². The second-order valence-corrected chi connectivity index (χ2v) is 5.16. The summed E-state index contributed by atoms with van der Waals surface area (Å²) in [6.07, 6.45) is 1.73. The third kappa shape index (κ3) is 2.25. The normalized spacial score (nSPS) is 12.7. The molecule has 90 valence electrons. The molecule has 6 heteroatoms. The second kappa shape index (κ2) is 4.83. The molecular formula is C12H8N2O2S2. The van der Waals surface area contributed by atoms with Crippen molar-refractivity contribution in [3.05, 3.63) is 46.2 Å². The molecule has 1 N–H and O–H groups in total. The van der Waals surface area contributed by atoms with E-state index in [4.69, 9.17) is 4.74 Å². The van der Waals surface area contributed by atoms with Gasteiger partial charge < -0.3 is 4.74 Å². The molecule has 0 saturated heterocycles. The van der Waals surface area contributed by atoms with Gasteiger partial charge in [0, 0.05) is 27.8 Å². The van der Waals surface area contributed by atoms with E-state index in [1.54, 1.807) is 23.7 Å². The van der Waals surface area contributed by atoms with E-state index >= 15 is 0 Å². The van der Waals surface area contributed by atoms with Gasteiger partial charge in [-0.25, -0.2) is 9.63 Å². The predicted molar refractivity (Wildman–Crippen MR) is 72.3 cm³/mol. The minimum Gasteiger partial charge on any atom is -0.423 e. The predicted octanol–water partition coefficient (Wildman–Crippen LogP) is 2.91. The summed E-state index contributed by atoms with van der Waals surface area (Å²) in [6, 6.07) is 7.21. The Morgan fingerprint density at radius 1 is 1.33 bits per heavy atom. The number of carbonyl (C=O) groups excluding carboxylic acids is 1. The minimum atomic E-state index is -0.335. The molecule has 0 unspecified atom stereocenters. The van der Waals surface area contributed by atoms with Crippen molar-refractivity contribution in [1.29, 1.82) is 0 Å². The fourth-order valence-corrected chi connectivity index (χ4v) is 2.73. The Hall–Kier alpha value is -1.79. The molecule has 3 rings (SSSR count). The average Bonchev–Trinajstić information content (AvgIpc) is 2.92. The van der Waals surface area contributed by atoms with Crippen LogP contribution in [0.1, 0.15) is 15.9 Å². The number of fused-ring (bicyclic) bond motifs is 1. The highest BCUT2D eigenvalue weighted by Gasteiger charge is 2.12. The van der Waals surface area contributed by atoms with E-state index in [2.05, 4.69) is 9.93 Å². The molecule has 2 heterocycles. The third-order valence-electron chi connectivity index (χ3n) is 2.36. The molecule has 18 heavy (non-hydrogen) atoms. The highest BCUT2D eigenvalue weighted by Crippen LogP contribution is 2.27. The molecule has 0 bridgehead atoms. The van der Waals surface area contributed by atoms with E-state index in [1.807, 2.05) is 17.5 Å². The molecule has 0 radical (unpaired) electrons. The van der Waals surface area contributed by atoms with Gasteiger partial charge >= 0.3 is 5.97 Å². The Morgan fingerprint density at radius 2 is 2.28 bits per heavy atom. The number of thiophene rings is 1. The molecule has 4 nitrogen and oxygen atoms in total. The summed E-state index contributed by atoms with van der Waals surface area (Å²) in [6.45, 7) is 0. The van der Waals surface area contributed by atoms with Crippen LogP contribution >= 0.6 is 23.3 Å². The van der Waals surface area contributed by atoms with Crippen LogP contribution in [0.25, 0.3) is 0 Å². The van der Waals surface area contributed by atoms with Gasteiger partial charge in [0.1, 0.15) is 5.75 Å². The van der Waals surface area contributed by atoms with Gasteiger partial charge in [0.05, 0.1) is 11.8 Å². The molecule has 1 aromatic heterocycles. The lowest BCUT2D eigenvalue weighted by Gasteiger charge is -2.11. The first-order chi connectivity index (χ1) is 8.83. The van der Waals surface area contributed by atoms with Gasteiger partial charge in [-0.05, 0) is 29.6 Å². The maximum absolute atomic E-state index is 11.8. The topological polar surface area (TPSA) is 50.7 Å². The van der Waals surface area contributed by atoms with Crippen LogP contribution in [0.15, 0.2) is 45.0 Å². The third-order valence-corrected chi connectivity index (χ3v) is 3.82. The van der Waals surface area contributed by atoms with E-state index < -0.39 is 0 Å². The number of nitrogens with one attached hydrogen (secondary N) is 1. The summed E-state index contributed by atoms with van der Waals surface area (Å²) in [5.74, 6) is 0.202. The first-order valence-electron chi connectivity index (χ1n) is 5.16. The van der Waals surface area contributed by atoms with Crippen molar-refractivity contribution in [3.8, 4) is 5.75 Å². The van der Waals surface area contributed by atoms with Crippen LogP contribution in [0.2, 0.25) is 0 Å². The lowest BCUT2D eigenvalue weighted by atomic mass is 10.2. The van der Waals surface area contributed by atoms with Crippen molar-refractivity contribution in [2.75, 3.05) is 0 Å². The summed E-state index contributed by atoms with van der Waals surface area (Å²) >= 11 is 2.86. The van der Waals surface area contributed by atoms with Crippen molar-refractivity contribution in [2.24, 2.45) is 5.10 Å². The number of hydrogen-bond acceptors (Lipinski definition) is 6. The zero-order chi connectivity index (χ0) is 12.4. The van der Waals surface area contributed by atoms with Crippen molar-refractivity contribution >= 4 is 35.5 Å². The van der Waals surface area contributed by atoms with E-state index in [9.17, 15) is 4.79 Å². The molecule has 0 saturated carbocycles. The first-order valence-corrected chi connectivity index (χ1v) is 6.92. The van der Waals surface area contributed by atoms with Crippen LogP contribution in [0.3, 0.4) is 0 Å². The Morgan fingerprint density at radius 3 is 3.11 bits per heavy atom. The fourth-order valence-electron chi connectivity index (χ4n) is 1.49. The zero-order valence-corrected chi connectivity index (χ0v) is 10.8. The Balaban J connectivity index is 1.81. The number of rotatable bonds is 2. The van der Waals surface area contributed by atoms with Crippen molar-refractivity contribution in [1.82, 2.24) is 4.83 Å². The van der Waals surface area contributed by atoms with E-state index in [0.29, 0.717) is 11.3 Å². The fraction of sp³-hybridized carbons (Fsp3) is 0. The van der Waals surface area contributed by atoms with E-state index in [0.717, 1.165) is 10.5 Å². The number of carbonyl (C=O) groups is 1. The molecule has 0 fully saturated rings. The molecule has 0 amide bonds. The number of nitrogens with zero attached hydrogens (tertiary/aromatic N) is 1. The van der Waals surface area contributed by atoms with Crippen molar-refractivity contribution in [2.45, 2.75) is 4.90 Å². The van der Waals surface area contributed by atoms with Gasteiger partial charge in [0.2, 0.25) is 0 Å². The lowest BCUT2D eigenvalue weighted by molar-refractivity contribution is 0.0735. The van der Waals surface area contributed by atoms with Crippen LogP contribution in [-0.4, -0.2) is 12.2 Å². The van der Waals surface area contributed by atoms with Gasteiger partial charge in [0.25, 0.3) is 0 Å². The average molecular weight is 276 g/mol. The smallest absolute Gasteiger partial charge is 0.344 e. The molecular weight excluding hydrogens is 268 g/mol. The largest absolute Gasteiger partial charge is 0.423 e. The summed E-state index contributed by atoms with van der Waals surface area (Å²) in [5.41, 5.74) is 1.58. The highest BCUT2D eigenvalue weighted by atomic mass is 32.2.